The van der Waals surface area contributed by atoms with Crippen molar-refractivity contribution in [2.45, 2.75) is 6.54 Å². The van der Waals surface area contributed by atoms with Crippen molar-refractivity contribution in [3.63, 3.8) is 0 Å². The van der Waals surface area contributed by atoms with Gasteiger partial charge in [-0.1, -0.05) is 0 Å². The molecule has 1 heterocycles. The zero-order valence-corrected chi connectivity index (χ0v) is 14.1. The maximum atomic E-state index is 4.32. The van der Waals surface area contributed by atoms with Gasteiger partial charge in [0.2, 0.25) is 0 Å². The first kappa shape index (κ1) is 13.3. The molecule has 1 aromatic heterocycles. The SMILES string of the molecule is Brc1ccc(CNc2cc(I)ccc2Br)nc1. The quantitative estimate of drug-likeness (QED) is 0.654. The maximum Gasteiger partial charge on any atom is 0.0595 e. The van der Waals surface area contributed by atoms with Crippen LogP contribution in [-0.4, -0.2) is 4.98 Å². The molecule has 0 aliphatic rings. The first-order valence-electron chi connectivity index (χ1n) is 4.94. The highest BCUT2D eigenvalue weighted by molar-refractivity contribution is 14.1. The minimum absolute atomic E-state index is 0.714. The molecule has 2 aromatic rings. The molecule has 0 saturated heterocycles. The highest BCUT2D eigenvalue weighted by Gasteiger charge is 2.01. The lowest BCUT2D eigenvalue weighted by Crippen LogP contribution is -2.02. The van der Waals surface area contributed by atoms with E-state index in [0.29, 0.717) is 6.54 Å². The van der Waals surface area contributed by atoms with E-state index < -0.39 is 0 Å². The molecule has 0 radical (unpaired) electrons. The summed E-state index contributed by atoms with van der Waals surface area (Å²) < 4.78 is 3.27. The Hall–Kier alpha value is -0.140. The summed E-state index contributed by atoms with van der Waals surface area (Å²) in [5.74, 6) is 0. The van der Waals surface area contributed by atoms with Gasteiger partial charge in [-0.3, -0.25) is 4.98 Å². The van der Waals surface area contributed by atoms with Crippen molar-refractivity contribution in [1.29, 1.82) is 0 Å². The summed E-state index contributed by atoms with van der Waals surface area (Å²) in [6.45, 7) is 0.714. The van der Waals surface area contributed by atoms with Crippen molar-refractivity contribution >= 4 is 60.1 Å². The van der Waals surface area contributed by atoms with Crippen LogP contribution >= 0.6 is 54.5 Å². The zero-order chi connectivity index (χ0) is 12.3. The Morgan fingerprint density at radius 1 is 1.18 bits per heavy atom. The van der Waals surface area contributed by atoms with Crippen molar-refractivity contribution < 1.29 is 0 Å². The molecule has 2 rings (SSSR count). The van der Waals surface area contributed by atoms with Crippen molar-refractivity contribution in [2.24, 2.45) is 0 Å². The number of aromatic nitrogens is 1. The molecule has 0 fully saturated rings. The Kier molecular flexibility index (Phi) is 4.81. The molecule has 0 unspecified atom stereocenters. The molecule has 0 bridgehead atoms. The minimum Gasteiger partial charge on any atom is -0.378 e. The molecule has 1 aromatic carbocycles. The van der Waals surface area contributed by atoms with Crippen molar-refractivity contribution in [3.8, 4) is 0 Å². The van der Waals surface area contributed by atoms with Gasteiger partial charge in [0.05, 0.1) is 12.2 Å². The Morgan fingerprint density at radius 2 is 2.00 bits per heavy atom. The second-order valence-corrected chi connectivity index (χ2v) is 6.46. The third-order valence-electron chi connectivity index (χ3n) is 2.18. The molecule has 0 aliphatic heterocycles. The number of halogens is 3. The van der Waals surface area contributed by atoms with E-state index in [1.807, 2.05) is 18.2 Å². The Bertz CT molecular complexity index is 514. The third-order valence-corrected chi connectivity index (χ3v) is 4.01. The fraction of sp³-hybridized carbons (Fsp3) is 0.0833. The van der Waals surface area contributed by atoms with Crippen LogP contribution in [0.4, 0.5) is 5.69 Å². The molecule has 0 saturated carbocycles. The number of hydrogen-bond acceptors (Lipinski definition) is 2. The molecular formula is C12H9Br2IN2. The molecule has 1 N–H and O–H groups in total. The third kappa shape index (κ3) is 3.93. The van der Waals surface area contributed by atoms with Gasteiger partial charge >= 0.3 is 0 Å². The second-order valence-electron chi connectivity index (χ2n) is 3.45. The van der Waals surface area contributed by atoms with Gasteiger partial charge in [-0.25, -0.2) is 0 Å². The van der Waals surface area contributed by atoms with Gasteiger partial charge in [0.1, 0.15) is 0 Å². The minimum atomic E-state index is 0.714. The molecule has 2 nitrogen and oxygen atoms in total. The largest absolute Gasteiger partial charge is 0.378 e. The van der Waals surface area contributed by atoms with Crippen LogP contribution in [0.3, 0.4) is 0 Å². The molecule has 0 spiro atoms. The standard InChI is InChI=1S/C12H9Br2IN2/c13-8-1-3-10(16-6-8)7-17-12-5-9(15)2-4-11(12)14/h1-6,17H,7H2. The second kappa shape index (κ2) is 6.15. The van der Waals surface area contributed by atoms with Crippen LogP contribution in [0.15, 0.2) is 45.5 Å². The molecule has 0 aliphatic carbocycles. The number of anilines is 1. The van der Waals surface area contributed by atoms with Gasteiger partial charge in [0, 0.05) is 24.4 Å². The topological polar surface area (TPSA) is 24.9 Å². The van der Waals surface area contributed by atoms with E-state index in [-0.39, 0.29) is 0 Å². The van der Waals surface area contributed by atoms with Gasteiger partial charge in [0.15, 0.2) is 0 Å². The van der Waals surface area contributed by atoms with E-state index >= 15 is 0 Å². The fourth-order valence-corrected chi connectivity index (χ4v) is 2.44. The summed E-state index contributed by atoms with van der Waals surface area (Å²) in [5, 5.41) is 3.36. The molecular weight excluding hydrogens is 459 g/mol. The van der Waals surface area contributed by atoms with E-state index in [9.17, 15) is 0 Å². The van der Waals surface area contributed by atoms with Crippen LogP contribution < -0.4 is 5.32 Å². The summed E-state index contributed by atoms with van der Waals surface area (Å²) >= 11 is 9.19. The van der Waals surface area contributed by atoms with Crippen LogP contribution in [0.2, 0.25) is 0 Å². The fourth-order valence-electron chi connectivity index (χ4n) is 1.33. The van der Waals surface area contributed by atoms with E-state index in [4.69, 9.17) is 0 Å². The Balaban J connectivity index is 2.07. The van der Waals surface area contributed by atoms with E-state index in [1.165, 1.54) is 3.57 Å². The normalized spacial score (nSPS) is 10.3. The average molecular weight is 468 g/mol. The van der Waals surface area contributed by atoms with Crippen LogP contribution in [0.1, 0.15) is 5.69 Å². The van der Waals surface area contributed by atoms with E-state index in [0.717, 1.165) is 20.3 Å². The van der Waals surface area contributed by atoms with Crippen LogP contribution in [0, 0.1) is 3.57 Å². The number of nitrogens with one attached hydrogen (secondary N) is 1. The van der Waals surface area contributed by atoms with Gasteiger partial charge in [0.25, 0.3) is 0 Å². The zero-order valence-electron chi connectivity index (χ0n) is 8.75. The molecule has 0 amide bonds. The lowest BCUT2D eigenvalue weighted by molar-refractivity contribution is 1.04. The van der Waals surface area contributed by atoms with E-state index in [1.54, 1.807) is 6.20 Å². The van der Waals surface area contributed by atoms with Gasteiger partial charge < -0.3 is 5.32 Å². The number of nitrogens with zero attached hydrogens (tertiary/aromatic N) is 1. The van der Waals surface area contributed by atoms with Crippen LogP contribution in [0.5, 0.6) is 0 Å². The first-order chi connectivity index (χ1) is 8.15. The summed E-state index contributed by atoms with van der Waals surface area (Å²) in [7, 11) is 0. The highest BCUT2D eigenvalue weighted by Crippen LogP contribution is 2.24. The predicted molar refractivity (Wildman–Crippen MR) is 86.1 cm³/mol. The molecule has 88 valence electrons. The van der Waals surface area contributed by atoms with Crippen LogP contribution in [-0.2, 0) is 6.54 Å². The Morgan fingerprint density at radius 3 is 2.71 bits per heavy atom. The average Bonchev–Trinajstić information content (AvgIpc) is 2.32. The van der Waals surface area contributed by atoms with Crippen molar-refractivity contribution in [1.82, 2.24) is 4.98 Å². The number of hydrogen-bond donors (Lipinski definition) is 1. The van der Waals surface area contributed by atoms with Gasteiger partial charge in [-0.15, -0.1) is 0 Å². The van der Waals surface area contributed by atoms with Crippen LogP contribution in [0.25, 0.3) is 0 Å². The van der Waals surface area contributed by atoms with Crippen molar-refractivity contribution in [2.75, 3.05) is 5.32 Å². The highest BCUT2D eigenvalue weighted by atomic mass is 127. The Labute approximate surface area is 131 Å². The number of rotatable bonds is 3. The van der Waals surface area contributed by atoms with Crippen molar-refractivity contribution in [3.05, 3.63) is 54.7 Å². The summed E-state index contributed by atoms with van der Waals surface area (Å²) in [6, 6.07) is 10.2. The van der Waals surface area contributed by atoms with E-state index in [2.05, 4.69) is 76.9 Å². The number of benzene rings is 1. The molecule has 17 heavy (non-hydrogen) atoms. The summed E-state index contributed by atoms with van der Waals surface area (Å²) in [4.78, 5) is 4.32. The lowest BCUT2D eigenvalue weighted by atomic mass is 10.3. The predicted octanol–water partition coefficient (Wildman–Crippen LogP) is 4.82. The monoisotopic (exact) mass is 466 g/mol. The first-order valence-corrected chi connectivity index (χ1v) is 7.61. The molecule has 5 heteroatoms. The maximum absolute atomic E-state index is 4.32. The smallest absolute Gasteiger partial charge is 0.0595 e. The lowest BCUT2D eigenvalue weighted by Gasteiger charge is -2.08. The molecule has 0 atom stereocenters. The summed E-state index contributed by atoms with van der Waals surface area (Å²) in [6.07, 6.45) is 1.81. The van der Waals surface area contributed by atoms with Gasteiger partial charge in [-0.2, -0.15) is 0 Å². The summed E-state index contributed by atoms with van der Waals surface area (Å²) in [5.41, 5.74) is 2.10. The number of pyridine rings is 1. The van der Waals surface area contributed by atoms with Gasteiger partial charge in [-0.05, 0) is 84.8 Å².